The maximum atomic E-state index is 17.2. The third-order valence-electron chi connectivity index (χ3n) is 10.2. The van der Waals surface area contributed by atoms with E-state index in [1.807, 2.05) is 66.8 Å². The van der Waals surface area contributed by atoms with Gasteiger partial charge in [-0.05, 0) is 94.8 Å². The predicted octanol–water partition coefficient (Wildman–Crippen LogP) is 6.72. The molecule has 1 amide bonds. The fourth-order valence-corrected chi connectivity index (χ4v) is 7.81. The van der Waals surface area contributed by atoms with Crippen LogP contribution in [0.1, 0.15) is 56.7 Å². The number of aromatic nitrogens is 4. The second-order valence-corrected chi connectivity index (χ2v) is 13.0. The molecule has 2 aliphatic heterocycles. The number of benzene rings is 3. The van der Waals surface area contributed by atoms with Crippen LogP contribution in [-0.2, 0) is 4.79 Å². The highest BCUT2D eigenvalue weighted by molar-refractivity contribution is 6.08. The lowest BCUT2D eigenvalue weighted by Gasteiger charge is -2.37. The van der Waals surface area contributed by atoms with E-state index >= 15 is 4.39 Å². The number of likely N-dealkylation sites (N-methyl/N-ethyl adjacent to an activating group) is 1. The Morgan fingerprint density at radius 1 is 1.19 bits per heavy atom. The lowest BCUT2D eigenvalue weighted by Crippen LogP contribution is -2.44. The smallest absolute Gasteiger partial charge is 0.246 e. The van der Waals surface area contributed by atoms with Gasteiger partial charge in [0.1, 0.15) is 17.1 Å². The molecule has 3 aromatic carbocycles. The highest BCUT2D eigenvalue weighted by Gasteiger charge is 2.33. The lowest BCUT2D eigenvalue weighted by atomic mass is 9.91. The van der Waals surface area contributed by atoms with E-state index in [4.69, 9.17) is 9.72 Å². The SMILES string of the molecule is C=CC(=O)N1CC[C@H](n2nnc3c(O[C@@H](C)[C@@H]4CCCN4C)nc4c(F)c(-c5cccc6cccc(C#N)c56)c(C)cc4c32)C[C@H]1C. The zero-order chi connectivity index (χ0) is 33.0. The molecule has 2 aromatic heterocycles. The summed E-state index contributed by atoms with van der Waals surface area (Å²) in [4.78, 5) is 21.4. The molecule has 9 nitrogen and oxygen atoms in total. The van der Waals surface area contributed by atoms with Crippen molar-refractivity contribution in [1.29, 1.82) is 5.26 Å². The molecule has 47 heavy (non-hydrogen) atoms. The zero-order valence-electron chi connectivity index (χ0n) is 27.2. The first-order valence-electron chi connectivity index (χ1n) is 16.3. The van der Waals surface area contributed by atoms with Gasteiger partial charge < -0.3 is 9.64 Å². The van der Waals surface area contributed by atoms with Gasteiger partial charge in [0.25, 0.3) is 0 Å². The second-order valence-electron chi connectivity index (χ2n) is 13.0. The van der Waals surface area contributed by atoms with Crippen molar-refractivity contribution < 1.29 is 13.9 Å². The number of pyridine rings is 1. The summed E-state index contributed by atoms with van der Waals surface area (Å²) in [5.41, 5.74) is 3.56. The minimum absolute atomic E-state index is 0.0361. The molecule has 4 heterocycles. The summed E-state index contributed by atoms with van der Waals surface area (Å²) in [6, 6.07) is 15.5. The third kappa shape index (κ3) is 5.10. The van der Waals surface area contributed by atoms with E-state index in [-0.39, 0.29) is 41.5 Å². The first kappa shape index (κ1) is 30.8. The number of fused-ring (bicyclic) bond motifs is 4. The number of halogens is 1. The summed E-state index contributed by atoms with van der Waals surface area (Å²) < 4.78 is 25.7. The molecule has 0 bridgehead atoms. The van der Waals surface area contributed by atoms with Gasteiger partial charge in [0.2, 0.25) is 11.8 Å². The summed E-state index contributed by atoms with van der Waals surface area (Å²) in [6.45, 7) is 11.1. The van der Waals surface area contributed by atoms with Crippen LogP contribution in [0.2, 0.25) is 0 Å². The van der Waals surface area contributed by atoms with E-state index in [2.05, 4.69) is 34.9 Å². The van der Waals surface area contributed by atoms with Crippen molar-refractivity contribution in [1.82, 2.24) is 29.8 Å². The normalized spacial score (nSPS) is 20.9. The molecule has 0 spiro atoms. The standard InChI is InChI=1S/C37H38FN7O2/c1-6-30(46)44-17-15-26(19-22(44)3)45-36-28-18-21(2)31(27-13-8-11-24-10-7-12-25(20-39)32(24)27)33(38)34(28)40-37(35(36)41-42-45)47-23(4)29-14-9-16-43(29)5/h6-8,10-13,18,22-23,26,29H,1,9,14-17,19H2,2-5H3/t22-,23+,26+,29+/m1/s1. The molecule has 4 atom stereocenters. The molecule has 2 saturated heterocycles. The third-order valence-corrected chi connectivity index (χ3v) is 10.2. The average Bonchev–Trinajstić information content (AvgIpc) is 3.72. The van der Waals surface area contributed by atoms with Crippen LogP contribution in [0.3, 0.4) is 0 Å². The van der Waals surface area contributed by atoms with E-state index in [0.717, 1.165) is 24.8 Å². The number of likely N-dealkylation sites (tertiary alicyclic amines) is 2. The van der Waals surface area contributed by atoms with Crippen molar-refractivity contribution in [2.24, 2.45) is 0 Å². The number of rotatable bonds is 6. The van der Waals surface area contributed by atoms with Crippen LogP contribution in [0.4, 0.5) is 4.39 Å². The maximum Gasteiger partial charge on any atom is 0.246 e. The first-order valence-corrected chi connectivity index (χ1v) is 16.3. The van der Waals surface area contributed by atoms with E-state index < -0.39 is 5.82 Å². The Hall–Kier alpha value is -4.88. The Kier molecular flexibility index (Phi) is 7.88. The summed E-state index contributed by atoms with van der Waals surface area (Å²) in [5, 5.41) is 21.3. The minimum Gasteiger partial charge on any atom is -0.471 e. The number of piperidine rings is 1. The van der Waals surface area contributed by atoms with Gasteiger partial charge in [-0.3, -0.25) is 9.69 Å². The molecule has 0 N–H and O–H groups in total. The lowest BCUT2D eigenvalue weighted by molar-refractivity contribution is -0.129. The molecule has 2 aliphatic rings. The summed E-state index contributed by atoms with van der Waals surface area (Å²) in [5.74, 6) is -0.317. The molecule has 7 rings (SSSR count). The van der Waals surface area contributed by atoms with Gasteiger partial charge in [-0.1, -0.05) is 42.1 Å². The number of nitriles is 1. The van der Waals surface area contributed by atoms with Crippen LogP contribution < -0.4 is 4.74 Å². The Morgan fingerprint density at radius 3 is 2.68 bits per heavy atom. The van der Waals surface area contributed by atoms with Crippen molar-refractivity contribution >= 4 is 38.6 Å². The highest BCUT2D eigenvalue weighted by atomic mass is 19.1. The molecule has 5 aromatic rings. The number of hydrogen-bond donors (Lipinski definition) is 0. The number of hydrogen-bond acceptors (Lipinski definition) is 7. The van der Waals surface area contributed by atoms with Crippen molar-refractivity contribution in [3.05, 3.63) is 72.1 Å². The molecule has 0 unspecified atom stereocenters. The van der Waals surface area contributed by atoms with Crippen LogP contribution in [0.5, 0.6) is 5.88 Å². The fourth-order valence-electron chi connectivity index (χ4n) is 7.81. The number of aryl methyl sites for hydroxylation is 1. The summed E-state index contributed by atoms with van der Waals surface area (Å²) in [6.07, 6.45) is 4.56. The largest absolute Gasteiger partial charge is 0.471 e. The Labute approximate surface area is 273 Å². The number of amides is 1. The molecular formula is C37H38FN7O2. The van der Waals surface area contributed by atoms with Gasteiger partial charge in [-0.2, -0.15) is 5.26 Å². The van der Waals surface area contributed by atoms with Crippen molar-refractivity contribution in [3.8, 4) is 23.1 Å². The Morgan fingerprint density at radius 2 is 1.98 bits per heavy atom. The number of carbonyl (C=O) groups is 1. The molecule has 240 valence electrons. The fraction of sp³-hybridized carbons (Fsp3) is 0.378. The van der Waals surface area contributed by atoms with Crippen LogP contribution >= 0.6 is 0 Å². The van der Waals surface area contributed by atoms with Gasteiger partial charge in [0, 0.05) is 35.0 Å². The summed E-state index contributed by atoms with van der Waals surface area (Å²) in [7, 11) is 2.09. The van der Waals surface area contributed by atoms with Crippen molar-refractivity contribution in [2.45, 2.75) is 70.7 Å². The van der Waals surface area contributed by atoms with Crippen molar-refractivity contribution in [2.75, 3.05) is 20.1 Å². The topological polar surface area (TPSA) is 100 Å². The van der Waals surface area contributed by atoms with Crippen LogP contribution in [0.15, 0.2) is 55.1 Å². The van der Waals surface area contributed by atoms with Crippen LogP contribution in [0, 0.1) is 24.1 Å². The van der Waals surface area contributed by atoms with E-state index in [0.29, 0.717) is 63.4 Å². The number of carbonyl (C=O) groups excluding carboxylic acids is 1. The minimum atomic E-state index is -0.481. The predicted molar refractivity (Wildman–Crippen MR) is 181 cm³/mol. The zero-order valence-corrected chi connectivity index (χ0v) is 27.2. The van der Waals surface area contributed by atoms with Gasteiger partial charge in [-0.15, -0.1) is 5.10 Å². The molecule has 2 fully saturated rings. The van der Waals surface area contributed by atoms with E-state index in [1.54, 1.807) is 6.07 Å². The quantitative estimate of drug-likeness (QED) is 0.192. The molecule has 0 saturated carbocycles. The maximum absolute atomic E-state index is 17.2. The van der Waals surface area contributed by atoms with Gasteiger partial charge >= 0.3 is 0 Å². The van der Waals surface area contributed by atoms with Crippen LogP contribution in [-0.4, -0.2) is 74.0 Å². The number of ether oxygens (including phenoxy) is 1. The monoisotopic (exact) mass is 631 g/mol. The first-order chi connectivity index (χ1) is 22.7. The van der Waals surface area contributed by atoms with E-state index in [1.165, 1.54) is 6.08 Å². The molecular weight excluding hydrogens is 593 g/mol. The van der Waals surface area contributed by atoms with Crippen molar-refractivity contribution in [3.63, 3.8) is 0 Å². The number of nitrogens with zero attached hydrogens (tertiary/aromatic N) is 7. The average molecular weight is 632 g/mol. The molecule has 10 heteroatoms. The van der Waals surface area contributed by atoms with E-state index in [9.17, 15) is 10.1 Å². The van der Waals surface area contributed by atoms with Crippen LogP contribution in [0.25, 0.3) is 43.8 Å². The summed E-state index contributed by atoms with van der Waals surface area (Å²) >= 11 is 0. The second kappa shape index (κ2) is 12.0. The Bertz CT molecular complexity index is 2100. The van der Waals surface area contributed by atoms with Gasteiger partial charge in [0.05, 0.1) is 17.7 Å². The Balaban J connectivity index is 1.44. The molecule has 0 radical (unpaired) electrons. The van der Waals surface area contributed by atoms with Gasteiger partial charge in [-0.25, -0.2) is 14.1 Å². The molecule has 0 aliphatic carbocycles. The highest BCUT2D eigenvalue weighted by Crippen LogP contribution is 2.42. The van der Waals surface area contributed by atoms with Gasteiger partial charge in [0.15, 0.2) is 11.3 Å².